The molecule has 166 valence electrons. The number of benzene rings is 1. The summed E-state index contributed by atoms with van der Waals surface area (Å²) in [5, 5.41) is 5.25. The van der Waals surface area contributed by atoms with Crippen LogP contribution in [0, 0.1) is 0 Å². The molecule has 0 atom stereocenters. The molecule has 1 aliphatic heterocycles. The number of imide groups is 1. The number of rotatable bonds is 5. The van der Waals surface area contributed by atoms with Crippen molar-refractivity contribution in [3.63, 3.8) is 0 Å². The van der Waals surface area contributed by atoms with Crippen LogP contribution in [0.1, 0.15) is 43.2 Å². The number of hydrogen-bond acceptors (Lipinski definition) is 4. The number of alkyl halides is 3. The van der Waals surface area contributed by atoms with E-state index in [0.29, 0.717) is 19.6 Å². The van der Waals surface area contributed by atoms with E-state index in [0.717, 1.165) is 62.9 Å². The van der Waals surface area contributed by atoms with Crippen molar-refractivity contribution >= 4 is 11.9 Å². The van der Waals surface area contributed by atoms with Crippen LogP contribution >= 0.6 is 0 Å². The normalized spacial score (nSPS) is 19.4. The van der Waals surface area contributed by atoms with Gasteiger partial charge < -0.3 is 5.32 Å². The molecule has 0 radical (unpaired) electrons. The van der Waals surface area contributed by atoms with E-state index >= 15 is 0 Å². The standard InChI is InChI=1S/C21H29F3N4O2/c22-21(23,24)17-8-6-16(7-9-17)14-27-10-3-11-28(13-12-27)15-19(29)26-20(30)25-18-4-1-2-5-18/h6-9,18H,1-5,10-15H2,(H2,25,26,29,30). The Morgan fingerprint density at radius 2 is 1.57 bits per heavy atom. The van der Waals surface area contributed by atoms with Gasteiger partial charge in [0.2, 0.25) is 5.91 Å². The predicted octanol–water partition coefficient (Wildman–Crippen LogP) is 2.98. The molecule has 1 heterocycles. The van der Waals surface area contributed by atoms with Crippen molar-refractivity contribution in [1.82, 2.24) is 20.4 Å². The van der Waals surface area contributed by atoms with Crippen molar-refractivity contribution in [2.75, 3.05) is 32.7 Å². The Kier molecular flexibility index (Phi) is 7.71. The number of urea groups is 1. The molecule has 1 saturated carbocycles. The van der Waals surface area contributed by atoms with Gasteiger partial charge in [0.05, 0.1) is 12.1 Å². The average molecular weight is 426 g/mol. The maximum atomic E-state index is 12.7. The van der Waals surface area contributed by atoms with Crippen LogP contribution in [0.15, 0.2) is 24.3 Å². The summed E-state index contributed by atoms with van der Waals surface area (Å²) < 4.78 is 38.1. The van der Waals surface area contributed by atoms with Gasteiger partial charge in [0.15, 0.2) is 0 Å². The summed E-state index contributed by atoms with van der Waals surface area (Å²) in [6.07, 6.45) is 0.661. The zero-order valence-corrected chi connectivity index (χ0v) is 17.0. The maximum absolute atomic E-state index is 12.7. The number of amides is 3. The number of carbonyl (C=O) groups is 2. The van der Waals surface area contributed by atoms with Crippen LogP contribution in [0.25, 0.3) is 0 Å². The molecule has 0 spiro atoms. The molecule has 2 N–H and O–H groups in total. The number of halogens is 3. The molecule has 0 bridgehead atoms. The second-order valence-electron chi connectivity index (χ2n) is 8.10. The fraction of sp³-hybridized carbons (Fsp3) is 0.619. The van der Waals surface area contributed by atoms with E-state index in [9.17, 15) is 22.8 Å². The lowest BCUT2D eigenvalue weighted by atomic mass is 10.1. The minimum absolute atomic E-state index is 0.159. The predicted molar refractivity (Wildman–Crippen MR) is 107 cm³/mol. The van der Waals surface area contributed by atoms with Gasteiger partial charge in [-0.3, -0.25) is 19.9 Å². The minimum atomic E-state index is -4.32. The molecule has 0 aromatic heterocycles. The molecule has 1 aromatic rings. The van der Waals surface area contributed by atoms with Gasteiger partial charge >= 0.3 is 12.2 Å². The molecule has 30 heavy (non-hydrogen) atoms. The summed E-state index contributed by atoms with van der Waals surface area (Å²) in [6.45, 7) is 3.65. The highest BCUT2D eigenvalue weighted by Crippen LogP contribution is 2.29. The van der Waals surface area contributed by atoms with Crippen molar-refractivity contribution in [2.45, 2.75) is 50.9 Å². The van der Waals surface area contributed by atoms with Gasteiger partial charge in [-0.2, -0.15) is 13.2 Å². The lowest BCUT2D eigenvalue weighted by Gasteiger charge is -2.22. The van der Waals surface area contributed by atoms with Crippen LogP contribution in [0.3, 0.4) is 0 Å². The molecule has 6 nitrogen and oxygen atoms in total. The quantitative estimate of drug-likeness (QED) is 0.760. The molecular formula is C21H29F3N4O2. The molecule has 9 heteroatoms. The minimum Gasteiger partial charge on any atom is -0.335 e. The summed E-state index contributed by atoms with van der Waals surface area (Å²) in [7, 11) is 0. The van der Waals surface area contributed by atoms with E-state index in [1.165, 1.54) is 12.1 Å². The molecule has 2 fully saturated rings. The second-order valence-corrected chi connectivity index (χ2v) is 8.10. The summed E-state index contributed by atoms with van der Waals surface area (Å²) in [5.74, 6) is -0.318. The summed E-state index contributed by atoms with van der Waals surface area (Å²) in [6, 6.07) is 4.99. The Bertz CT molecular complexity index is 718. The zero-order chi connectivity index (χ0) is 21.6. The van der Waals surface area contributed by atoms with Crippen molar-refractivity contribution in [1.29, 1.82) is 0 Å². The van der Waals surface area contributed by atoms with E-state index in [2.05, 4.69) is 15.5 Å². The van der Waals surface area contributed by atoms with Crippen LogP contribution in [0.4, 0.5) is 18.0 Å². The Morgan fingerprint density at radius 3 is 2.23 bits per heavy atom. The largest absolute Gasteiger partial charge is 0.416 e. The summed E-state index contributed by atoms with van der Waals surface area (Å²) in [5.41, 5.74) is 0.189. The molecule has 3 amide bonds. The molecule has 0 unspecified atom stereocenters. The first kappa shape index (κ1) is 22.6. The first-order chi connectivity index (χ1) is 14.3. The topological polar surface area (TPSA) is 64.7 Å². The highest BCUT2D eigenvalue weighted by atomic mass is 19.4. The molecule has 1 aromatic carbocycles. The van der Waals surface area contributed by atoms with Crippen LogP contribution < -0.4 is 10.6 Å². The average Bonchev–Trinajstić information content (AvgIpc) is 3.08. The van der Waals surface area contributed by atoms with Gasteiger partial charge in [0.1, 0.15) is 0 Å². The van der Waals surface area contributed by atoms with Crippen LogP contribution in [0.2, 0.25) is 0 Å². The summed E-state index contributed by atoms with van der Waals surface area (Å²) >= 11 is 0. The molecule has 3 rings (SSSR count). The number of nitrogens with one attached hydrogen (secondary N) is 2. The zero-order valence-electron chi connectivity index (χ0n) is 17.0. The Morgan fingerprint density at radius 1 is 0.933 bits per heavy atom. The van der Waals surface area contributed by atoms with Gasteiger partial charge in [0.25, 0.3) is 0 Å². The van der Waals surface area contributed by atoms with Crippen molar-refractivity contribution in [3.8, 4) is 0 Å². The van der Waals surface area contributed by atoms with E-state index in [1.54, 1.807) is 0 Å². The van der Waals surface area contributed by atoms with Crippen molar-refractivity contribution < 1.29 is 22.8 Å². The third kappa shape index (κ3) is 6.98. The highest BCUT2D eigenvalue weighted by Gasteiger charge is 2.30. The fourth-order valence-electron chi connectivity index (χ4n) is 4.06. The van der Waals surface area contributed by atoms with Gasteiger partial charge in [-0.1, -0.05) is 25.0 Å². The van der Waals surface area contributed by atoms with E-state index in [1.807, 2.05) is 4.90 Å². The number of nitrogens with zero attached hydrogens (tertiary/aromatic N) is 2. The maximum Gasteiger partial charge on any atom is 0.416 e. The van der Waals surface area contributed by atoms with Crippen LogP contribution in [0.5, 0.6) is 0 Å². The molecule has 1 saturated heterocycles. The summed E-state index contributed by atoms with van der Waals surface area (Å²) in [4.78, 5) is 28.3. The first-order valence-corrected chi connectivity index (χ1v) is 10.5. The smallest absolute Gasteiger partial charge is 0.335 e. The van der Waals surface area contributed by atoms with E-state index in [4.69, 9.17) is 0 Å². The van der Waals surface area contributed by atoms with Gasteiger partial charge in [-0.05, 0) is 50.0 Å². The Balaban J connectivity index is 1.41. The SMILES string of the molecule is O=C(CN1CCCN(Cc2ccc(C(F)(F)F)cc2)CC1)NC(=O)NC1CCCC1. The lowest BCUT2D eigenvalue weighted by Crippen LogP contribution is -2.47. The third-order valence-electron chi connectivity index (χ3n) is 5.68. The first-order valence-electron chi connectivity index (χ1n) is 10.5. The second kappa shape index (κ2) is 10.3. The molecular weight excluding hydrogens is 397 g/mol. The van der Waals surface area contributed by atoms with Gasteiger partial charge in [-0.15, -0.1) is 0 Å². The third-order valence-corrected chi connectivity index (χ3v) is 5.68. The number of hydrogen-bond donors (Lipinski definition) is 2. The number of carbonyl (C=O) groups excluding carboxylic acids is 2. The Labute approximate surface area is 174 Å². The van der Waals surface area contributed by atoms with E-state index in [-0.39, 0.29) is 18.5 Å². The van der Waals surface area contributed by atoms with Crippen LogP contribution in [-0.4, -0.2) is 60.5 Å². The van der Waals surface area contributed by atoms with Crippen molar-refractivity contribution in [3.05, 3.63) is 35.4 Å². The fourth-order valence-corrected chi connectivity index (χ4v) is 4.06. The van der Waals surface area contributed by atoms with E-state index < -0.39 is 17.8 Å². The lowest BCUT2D eigenvalue weighted by molar-refractivity contribution is -0.137. The highest BCUT2D eigenvalue weighted by molar-refractivity contribution is 5.95. The van der Waals surface area contributed by atoms with Gasteiger partial charge in [0, 0.05) is 25.7 Å². The monoisotopic (exact) mass is 426 g/mol. The van der Waals surface area contributed by atoms with Crippen LogP contribution in [-0.2, 0) is 17.5 Å². The Hall–Kier alpha value is -2.13. The van der Waals surface area contributed by atoms with Crippen molar-refractivity contribution in [2.24, 2.45) is 0 Å². The molecule has 2 aliphatic rings. The van der Waals surface area contributed by atoms with Gasteiger partial charge in [-0.25, -0.2) is 4.79 Å². The molecule has 1 aliphatic carbocycles.